The van der Waals surface area contributed by atoms with Crippen LogP contribution in [0.2, 0.25) is 0 Å². The molecule has 4 amide bonds. The standard InChI is InChI=1S/C13H15N3O4/c1-8-2-4-9(5-3-8)20-7-11(17)14-6-10-12(18)16-13(19)15-10/h2-5,10H,6-7H2,1H3,(H,14,17)(H2,15,16,18,19). The van der Waals surface area contributed by atoms with Crippen molar-refractivity contribution in [2.45, 2.75) is 13.0 Å². The summed E-state index contributed by atoms with van der Waals surface area (Å²) in [4.78, 5) is 33.6. The van der Waals surface area contributed by atoms with Gasteiger partial charge in [0.2, 0.25) is 0 Å². The molecule has 1 heterocycles. The highest BCUT2D eigenvalue weighted by molar-refractivity contribution is 6.04. The van der Waals surface area contributed by atoms with Gasteiger partial charge in [-0.1, -0.05) is 17.7 Å². The number of amides is 4. The van der Waals surface area contributed by atoms with Crippen molar-refractivity contribution in [3.8, 4) is 5.75 Å². The highest BCUT2D eigenvalue weighted by Crippen LogP contribution is 2.10. The van der Waals surface area contributed by atoms with Crippen LogP contribution in [0.1, 0.15) is 5.56 Å². The van der Waals surface area contributed by atoms with Gasteiger partial charge in [-0.15, -0.1) is 0 Å². The Hall–Kier alpha value is -2.57. The number of ether oxygens (including phenoxy) is 1. The molecule has 2 rings (SSSR count). The Balaban J connectivity index is 1.72. The molecule has 106 valence electrons. The number of imide groups is 1. The Labute approximate surface area is 115 Å². The van der Waals surface area contributed by atoms with Gasteiger partial charge < -0.3 is 15.4 Å². The molecule has 1 aliphatic rings. The second kappa shape index (κ2) is 6.05. The second-order valence-electron chi connectivity index (χ2n) is 4.42. The van der Waals surface area contributed by atoms with E-state index >= 15 is 0 Å². The molecule has 1 unspecified atom stereocenters. The SMILES string of the molecule is Cc1ccc(OCC(=O)NCC2NC(=O)NC2=O)cc1. The van der Waals surface area contributed by atoms with E-state index in [1.807, 2.05) is 19.1 Å². The summed E-state index contributed by atoms with van der Waals surface area (Å²) >= 11 is 0. The number of hydrogen-bond donors (Lipinski definition) is 3. The van der Waals surface area contributed by atoms with Crippen molar-refractivity contribution in [3.05, 3.63) is 29.8 Å². The summed E-state index contributed by atoms with van der Waals surface area (Å²) in [5, 5.41) is 6.98. The second-order valence-corrected chi connectivity index (χ2v) is 4.42. The van der Waals surface area contributed by atoms with Gasteiger partial charge in [-0.2, -0.15) is 0 Å². The predicted molar refractivity (Wildman–Crippen MR) is 70.1 cm³/mol. The van der Waals surface area contributed by atoms with Gasteiger partial charge in [0.25, 0.3) is 11.8 Å². The maximum atomic E-state index is 11.5. The van der Waals surface area contributed by atoms with Crippen LogP contribution in [0.3, 0.4) is 0 Å². The zero-order chi connectivity index (χ0) is 14.5. The van der Waals surface area contributed by atoms with Gasteiger partial charge in [-0.3, -0.25) is 14.9 Å². The molecule has 0 saturated carbocycles. The maximum Gasteiger partial charge on any atom is 0.322 e. The maximum absolute atomic E-state index is 11.5. The Morgan fingerprint density at radius 1 is 1.30 bits per heavy atom. The highest BCUT2D eigenvalue weighted by Gasteiger charge is 2.29. The van der Waals surface area contributed by atoms with E-state index in [-0.39, 0.29) is 19.1 Å². The number of aryl methyl sites for hydroxylation is 1. The first-order valence-corrected chi connectivity index (χ1v) is 6.12. The molecule has 0 bridgehead atoms. The Morgan fingerprint density at radius 2 is 2.00 bits per heavy atom. The normalized spacial score (nSPS) is 17.4. The largest absolute Gasteiger partial charge is 0.484 e. The first-order valence-electron chi connectivity index (χ1n) is 6.12. The molecule has 7 nitrogen and oxygen atoms in total. The smallest absolute Gasteiger partial charge is 0.322 e. The molecule has 7 heteroatoms. The molecule has 1 fully saturated rings. The van der Waals surface area contributed by atoms with Gasteiger partial charge in [0, 0.05) is 6.54 Å². The van der Waals surface area contributed by atoms with E-state index in [9.17, 15) is 14.4 Å². The third-order valence-corrected chi connectivity index (χ3v) is 2.75. The van der Waals surface area contributed by atoms with E-state index in [1.165, 1.54) is 0 Å². The van der Waals surface area contributed by atoms with E-state index < -0.39 is 18.0 Å². The molecule has 20 heavy (non-hydrogen) atoms. The third-order valence-electron chi connectivity index (χ3n) is 2.75. The lowest BCUT2D eigenvalue weighted by molar-refractivity contribution is -0.123. The van der Waals surface area contributed by atoms with Gasteiger partial charge in [0.15, 0.2) is 6.61 Å². The topological polar surface area (TPSA) is 96.5 Å². The summed E-state index contributed by atoms with van der Waals surface area (Å²) in [5.41, 5.74) is 1.10. The zero-order valence-corrected chi connectivity index (χ0v) is 10.9. The lowest BCUT2D eigenvalue weighted by atomic mass is 10.2. The Kier molecular flexibility index (Phi) is 4.19. The first kappa shape index (κ1) is 13.9. The summed E-state index contributed by atoms with van der Waals surface area (Å²) in [6.07, 6.45) is 0. The van der Waals surface area contributed by atoms with Crippen molar-refractivity contribution >= 4 is 17.8 Å². The monoisotopic (exact) mass is 277 g/mol. The summed E-state index contributed by atoms with van der Waals surface area (Å²) in [7, 11) is 0. The molecule has 0 aliphatic carbocycles. The summed E-state index contributed by atoms with van der Waals surface area (Å²) in [6.45, 7) is 1.84. The van der Waals surface area contributed by atoms with E-state index in [0.29, 0.717) is 5.75 Å². The van der Waals surface area contributed by atoms with Crippen LogP contribution in [-0.2, 0) is 9.59 Å². The number of rotatable bonds is 5. The molecule has 1 aromatic carbocycles. The van der Waals surface area contributed by atoms with Crippen molar-refractivity contribution in [3.63, 3.8) is 0 Å². The van der Waals surface area contributed by atoms with Crippen LogP contribution < -0.4 is 20.7 Å². The molecular weight excluding hydrogens is 262 g/mol. The molecule has 3 N–H and O–H groups in total. The summed E-state index contributed by atoms with van der Waals surface area (Å²) < 4.78 is 5.29. The van der Waals surface area contributed by atoms with Gasteiger partial charge in [0.1, 0.15) is 11.8 Å². The van der Waals surface area contributed by atoms with Gasteiger partial charge in [0.05, 0.1) is 0 Å². The number of urea groups is 1. The van der Waals surface area contributed by atoms with Crippen molar-refractivity contribution in [2.75, 3.05) is 13.2 Å². The summed E-state index contributed by atoms with van der Waals surface area (Å²) in [5.74, 6) is -0.216. The quantitative estimate of drug-likeness (QED) is 0.644. The minimum absolute atomic E-state index is 0.0354. The fourth-order valence-electron chi connectivity index (χ4n) is 1.65. The first-order chi connectivity index (χ1) is 9.54. The fourth-order valence-corrected chi connectivity index (χ4v) is 1.65. The molecule has 1 saturated heterocycles. The van der Waals surface area contributed by atoms with Crippen LogP contribution >= 0.6 is 0 Å². The molecule has 0 spiro atoms. The van der Waals surface area contributed by atoms with Gasteiger partial charge >= 0.3 is 6.03 Å². The predicted octanol–water partition coefficient (Wildman–Crippen LogP) is -0.302. The molecular formula is C13H15N3O4. The molecule has 0 aromatic heterocycles. The minimum Gasteiger partial charge on any atom is -0.484 e. The Bertz CT molecular complexity index is 527. The van der Waals surface area contributed by atoms with Crippen molar-refractivity contribution in [2.24, 2.45) is 0 Å². The van der Waals surface area contributed by atoms with Crippen LogP contribution in [-0.4, -0.2) is 37.0 Å². The van der Waals surface area contributed by atoms with E-state index in [1.54, 1.807) is 12.1 Å². The van der Waals surface area contributed by atoms with E-state index in [2.05, 4.69) is 16.0 Å². The summed E-state index contributed by atoms with van der Waals surface area (Å²) in [6, 6.07) is 6.02. The van der Waals surface area contributed by atoms with Crippen molar-refractivity contribution < 1.29 is 19.1 Å². The minimum atomic E-state index is -0.731. The lowest BCUT2D eigenvalue weighted by Gasteiger charge is -2.10. The molecule has 1 aliphatic heterocycles. The van der Waals surface area contributed by atoms with E-state index in [0.717, 1.165) is 5.56 Å². The average molecular weight is 277 g/mol. The van der Waals surface area contributed by atoms with Crippen molar-refractivity contribution in [1.82, 2.24) is 16.0 Å². The number of carbonyl (C=O) groups is 3. The van der Waals surface area contributed by atoms with Crippen LogP contribution in [0.25, 0.3) is 0 Å². The van der Waals surface area contributed by atoms with Gasteiger partial charge in [-0.25, -0.2) is 4.79 Å². The van der Waals surface area contributed by atoms with Crippen LogP contribution in [0, 0.1) is 6.92 Å². The molecule has 1 atom stereocenters. The highest BCUT2D eigenvalue weighted by atomic mass is 16.5. The number of hydrogen-bond acceptors (Lipinski definition) is 4. The average Bonchev–Trinajstić information content (AvgIpc) is 2.74. The van der Waals surface area contributed by atoms with Crippen molar-refractivity contribution in [1.29, 1.82) is 0 Å². The number of carbonyl (C=O) groups excluding carboxylic acids is 3. The number of nitrogens with one attached hydrogen (secondary N) is 3. The zero-order valence-electron chi connectivity index (χ0n) is 10.9. The number of benzene rings is 1. The molecule has 1 aromatic rings. The van der Waals surface area contributed by atoms with E-state index in [4.69, 9.17) is 4.74 Å². The Morgan fingerprint density at radius 3 is 2.60 bits per heavy atom. The molecule has 0 radical (unpaired) electrons. The lowest BCUT2D eigenvalue weighted by Crippen LogP contribution is -2.43. The van der Waals surface area contributed by atoms with Crippen LogP contribution in [0.5, 0.6) is 5.75 Å². The van der Waals surface area contributed by atoms with Gasteiger partial charge in [-0.05, 0) is 19.1 Å². The fraction of sp³-hybridized carbons (Fsp3) is 0.308. The third kappa shape index (κ3) is 3.71. The van der Waals surface area contributed by atoms with Crippen LogP contribution in [0.4, 0.5) is 4.79 Å². The van der Waals surface area contributed by atoms with Crippen LogP contribution in [0.15, 0.2) is 24.3 Å².